The van der Waals surface area contributed by atoms with Crippen LogP contribution in [0.15, 0.2) is 12.1 Å². The van der Waals surface area contributed by atoms with Crippen molar-refractivity contribution in [3.05, 3.63) is 34.9 Å². The number of nitrogens with one attached hydrogen (secondary N) is 1. The van der Waals surface area contributed by atoms with Crippen LogP contribution in [-0.2, 0) is 13.5 Å². The molecule has 7 heteroatoms. The number of pyridine rings is 1. The predicted molar refractivity (Wildman–Crippen MR) is 66.3 cm³/mol. The van der Waals surface area contributed by atoms with Crippen molar-refractivity contribution >= 4 is 0 Å². The molecular weight excluding hydrogens is 230 g/mol. The average molecular weight is 247 g/mol. The lowest BCUT2D eigenvalue weighted by atomic mass is 10.0. The Labute approximate surface area is 105 Å². The van der Waals surface area contributed by atoms with Crippen LogP contribution in [0.2, 0.25) is 0 Å². The lowest BCUT2D eigenvalue weighted by Crippen LogP contribution is -2.30. The quantitative estimate of drug-likeness (QED) is 0.582. The molecule has 0 saturated heterocycles. The van der Waals surface area contributed by atoms with Gasteiger partial charge in [0.1, 0.15) is 0 Å². The Hall–Kier alpha value is -1.86. The van der Waals surface area contributed by atoms with Gasteiger partial charge in [-0.1, -0.05) is 6.07 Å². The summed E-state index contributed by atoms with van der Waals surface area (Å²) in [5, 5.41) is 11.9. The minimum atomic E-state index is -0.0673. The van der Waals surface area contributed by atoms with E-state index in [1.165, 1.54) is 4.80 Å². The number of aromatic nitrogens is 5. The molecule has 96 valence electrons. The Kier molecular flexibility index (Phi) is 3.63. The number of hydrogen-bond donors (Lipinski definition) is 2. The van der Waals surface area contributed by atoms with Gasteiger partial charge < -0.3 is 0 Å². The van der Waals surface area contributed by atoms with E-state index in [2.05, 4.69) is 25.8 Å². The highest BCUT2D eigenvalue weighted by Gasteiger charge is 2.16. The van der Waals surface area contributed by atoms with E-state index < -0.39 is 0 Å². The van der Waals surface area contributed by atoms with Crippen LogP contribution < -0.4 is 11.3 Å². The Bertz CT molecular complexity index is 534. The Morgan fingerprint density at radius 2 is 2.17 bits per heavy atom. The summed E-state index contributed by atoms with van der Waals surface area (Å²) in [6.07, 6.45) is 0.579. The van der Waals surface area contributed by atoms with E-state index in [4.69, 9.17) is 5.84 Å². The Morgan fingerprint density at radius 1 is 1.39 bits per heavy atom. The second-order valence-electron chi connectivity index (χ2n) is 4.25. The van der Waals surface area contributed by atoms with Gasteiger partial charge in [0.25, 0.3) is 0 Å². The fourth-order valence-corrected chi connectivity index (χ4v) is 1.91. The monoisotopic (exact) mass is 247 g/mol. The highest BCUT2D eigenvalue weighted by Crippen LogP contribution is 2.18. The number of tetrazole rings is 1. The number of rotatable bonds is 4. The molecule has 0 aliphatic heterocycles. The molecule has 2 heterocycles. The Balaban J connectivity index is 2.22. The molecule has 0 radical (unpaired) electrons. The molecule has 18 heavy (non-hydrogen) atoms. The Morgan fingerprint density at radius 3 is 2.72 bits per heavy atom. The van der Waals surface area contributed by atoms with Crippen molar-refractivity contribution in [3.63, 3.8) is 0 Å². The molecular formula is C11H17N7. The molecule has 1 unspecified atom stereocenters. The molecule has 0 amide bonds. The van der Waals surface area contributed by atoms with Crippen molar-refractivity contribution in [2.24, 2.45) is 12.9 Å². The fourth-order valence-electron chi connectivity index (χ4n) is 1.91. The van der Waals surface area contributed by atoms with Gasteiger partial charge in [-0.3, -0.25) is 16.3 Å². The molecule has 0 aliphatic carbocycles. The first-order valence-electron chi connectivity index (χ1n) is 5.73. The van der Waals surface area contributed by atoms with Crippen LogP contribution in [-0.4, -0.2) is 25.2 Å². The van der Waals surface area contributed by atoms with E-state index in [9.17, 15) is 0 Å². The van der Waals surface area contributed by atoms with Gasteiger partial charge in [0, 0.05) is 17.8 Å². The van der Waals surface area contributed by atoms with Crippen LogP contribution in [0, 0.1) is 13.8 Å². The third kappa shape index (κ3) is 2.69. The van der Waals surface area contributed by atoms with E-state index in [0.29, 0.717) is 12.2 Å². The van der Waals surface area contributed by atoms with Gasteiger partial charge in [0.15, 0.2) is 5.82 Å². The van der Waals surface area contributed by atoms with Gasteiger partial charge in [0.2, 0.25) is 0 Å². The van der Waals surface area contributed by atoms with Crippen LogP contribution in [0.5, 0.6) is 0 Å². The van der Waals surface area contributed by atoms with Crippen molar-refractivity contribution in [2.45, 2.75) is 26.3 Å². The van der Waals surface area contributed by atoms with Crippen molar-refractivity contribution < 1.29 is 0 Å². The highest BCUT2D eigenvalue weighted by molar-refractivity contribution is 5.25. The smallest absolute Gasteiger partial charge is 0.176 e. The molecule has 0 fully saturated rings. The summed E-state index contributed by atoms with van der Waals surface area (Å²) >= 11 is 0. The third-order valence-electron chi connectivity index (χ3n) is 2.78. The topological polar surface area (TPSA) is 94.5 Å². The van der Waals surface area contributed by atoms with Gasteiger partial charge in [-0.05, 0) is 30.7 Å². The summed E-state index contributed by atoms with van der Waals surface area (Å²) in [5.41, 5.74) is 5.78. The van der Waals surface area contributed by atoms with Gasteiger partial charge >= 0.3 is 0 Å². The molecule has 2 aromatic rings. The molecule has 0 aromatic carbocycles. The zero-order valence-corrected chi connectivity index (χ0v) is 10.8. The van der Waals surface area contributed by atoms with Gasteiger partial charge in [-0.2, -0.15) is 4.80 Å². The maximum atomic E-state index is 5.61. The number of nitrogens with two attached hydrogens (primary N) is 1. The lowest BCUT2D eigenvalue weighted by Gasteiger charge is -2.16. The molecule has 2 aromatic heterocycles. The first-order valence-corrected chi connectivity index (χ1v) is 5.73. The van der Waals surface area contributed by atoms with Gasteiger partial charge in [0.05, 0.1) is 13.1 Å². The maximum Gasteiger partial charge on any atom is 0.176 e. The molecule has 1 atom stereocenters. The van der Waals surface area contributed by atoms with Crippen LogP contribution in [0.1, 0.15) is 28.8 Å². The zero-order valence-electron chi connectivity index (χ0n) is 10.8. The summed E-state index contributed by atoms with van der Waals surface area (Å²) in [5.74, 6) is 6.26. The summed E-state index contributed by atoms with van der Waals surface area (Å²) in [6, 6.07) is 3.93. The second-order valence-corrected chi connectivity index (χ2v) is 4.25. The predicted octanol–water partition coefficient (Wildman–Crippen LogP) is -0.0310. The normalized spacial score (nSPS) is 12.7. The zero-order chi connectivity index (χ0) is 13.1. The largest absolute Gasteiger partial charge is 0.271 e. The number of nitrogens with zero attached hydrogens (tertiary/aromatic N) is 5. The maximum absolute atomic E-state index is 5.61. The number of aryl methyl sites for hydroxylation is 3. The van der Waals surface area contributed by atoms with Crippen molar-refractivity contribution in [1.82, 2.24) is 30.6 Å². The van der Waals surface area contributed by atoms with Crippen LogP contribution >= 0.6 is 0 Å². The minimum Gasteiger partial charge on any atom is -0.271 e. The second kappa shape index (κ2) is 5.19. The SMILES string of the molecule is Cc1ccc(C(Cc2nnn(C)n2)NN)c(C)n1. The van der Waals surface area contributed by atoms with E-state index in [1.54, 1.807) is 7.05 Å². The summed E-state index contributed by atoms with van der Waals surface area (Å²) in [7, 11) is 1.74. The molecule has 2 rings (SSSR count). The van der Waals surface area contributed by atoms with E-state index in [-0.39, 0.29) is 6.04 Å². The molecule has 0 bridgehead atoms. The average Bonchev–Trinajstić information content (AvgIpc) is 2.72. The fraction of sp³-hybridized carbons (Fsp3) is 0.455. The van der Waals surface area contributed by atoms with E-state index >= 15 is 0 Å². The van der Waals surface area contributed by atoms with E-state index in [1.807, 2.05) is 26.0 Å². The standard InChI is InChI=1S/C11H17N7/c1-7-4-5-9(8(2)13-7)10(14-12)6-11-15-17-18(3)16-11/h4-5,10,14H,6,12H2,1-3H3. The third-order valence-corrected chi connectivity index (χ3v) is 2.78. The minimum absolute atomic E-state index is 0.0673. The highest BCUT2D eigenvalue weighted by atomic mass is 15.6. The first-order chi connectivity index (χ1) is 8.60. The van der Waals surface area contributed by atoms with Crippen LogP contribution in [0.4, 0.5) is 0 Å². The number of hydrazine groups is 1. The van der Waals surface area contributed by atoms with Crippen molar-refractivity contribution in [1.29, 1.82) is 0 Å². The summed E-state index contributed by atoms with van der Waals surface area (Å²) in [6.45, 7) is 3.93. The van der Waals surface area contributed by atoms with Gasteiger partial charge in [-0.25, -0.2) is 0 Å². The number of hydrogen-bond acceptors (Lipinski definition) is 6. The van der Waals surface area contributed by atoms with Crippen molar-refractivity contribution in [3.8, 4) is 0 Å². The van der Waals surface area contributed by atoms with Crippen LogP contribution in [0.25, 0.3) is 0 Å². The summed E-state index contributed by atoms with van der Waals surface area (Å²) < 4.78 is 0. The molecule has 7 nitrogen and oxygen atoms in total. The molecule has 3 N–H and O–H groups in total. The first kappa shape index (κ1) is 12.6. The van der Waals surface area contributed by atoms with E-state index in [0.717, 1.165) is 17.0 Å². The lowest BCUT2D eigenvalue weighted by molar-refractivity contribution is 0.531. The molecule has 0 spiro atoms. The van der Waals surface area contributed by atoms with Gasteiger partial charge in [-0.15, -0.1) is 10.2 Å². The molecule has 0 aliphatic rings. The molecule has 0 saturated carbocycles. The summed E-state index contributed by atoms with van der Waals surface area (Å²) in [4.78, 5) is 5.87. The van der Waals surface area contributed by atoms with Crippen LogP contribution in [0.3, 0.4) is 0 Å². The van der Waals surface area contributed by atoms with Crippen molar-refractivity contribution in [2.75, 3.05) is 0 Å².